The van der Waals surface area contributed by atoms with Crippen LogP contribution in [-0.4, -0.2) is 33.6 Å². The molecule has 0 aromatic heterocycles. The van der Waals surface area contributed by atoms with E-state index in [1.165, 1.54) is 0 Å². The highest BCUT2D eigenvalue weighted by atomic mass is 16.6. The predicted octanol–water partition coefficient (Wildman–Crippen LogP) is 0.606. The fourth-order valence-electron chi connectivity index (χ4n) is 2.51. The van der Waals surface area contributed by atoms with Crippen molar-refractivity contribution in [2.24, 2.45) is 0 Å². The largest absolute Gasteiger partial charge is 0.387 e. The first-order valence-corrected chi connectivity index (χ1v) is 4.65. The quantitative estimate of drug-likeness (QED) is 0.587. The highest BCUT2D eigenvalue weighted by Crippen LogP contribution is 2.53. The Kier molecular flexibility index (Phi) is 1.66. The third kappa shape index (κ3) is 0.897. The van der Waals surface area contributed by atoms with Crippen LogP contribution < -0.4 is 0 Å². The lowest BCUT2D eigenvalue weighted by atomic mass is 9.76. The van der Waals surface area contributed by atoms with Crippen molar-refractivity contribution in [3.63, 3.8) is 0 Å². The zero-order valence-electron chi connectivity index (χ0n) is 8.08. The zero-order valence-corrected chi connectivity index (χ0v) is 8.08. The van der Waals surface area contributed by atoms with Gasteiger partial charge in [-0.2, -0.15) is 0 Å². The second-order valence-corrected chi connectivity index (χ2v) is 4.47. The van der Waals surface area contributed by atoms with Crippen molar-refractivity contribution in [3.8, 4) is 0 Å². The van der Waals surface area contributed by atoms with Gasteiger partial charge in [0.2, 0.25) is 0 Å². The first-order valence-electron chi connectivity index (χ1n) is 4.65. The van der Waals surface area contributed by atoms with Gasteiger partial charge in [0.25, 0.3) is 0 Å². The van der Waals surface area contributed by atoms with Gasteiger partial charge in [0, 0.05) is 0 Å². The second-order valence-electron chi connectivity index (χ2n) is 4.47. The molecule has 3 nitrogen and oxygen atoms in total. The third-order valence-electron chi connectivity index (χ3n) is 3.53. The summed E-state index contributed by atoms with van der Waals surface area (Å²) in [6.45, 7) is 7.51. The molecule has 2 aliphatic rings. The molecule has 2 rings (SSSR count). The molecular formula is C10H16O3. The van der Waals surface area contributed by atoms with Crippen molar-refractivity contribution in [2.75, 3.05) is 0 Å². The molecule has 13 heavy (non-hydrogen) atoms. The maximum absolute atomic E-state index is 9.84. The van der Waals surface area contributed by atoms with Gasteiger partial charge < -0.3 is 14.9 Å². The monoisotopic (exact) mass is 184 g/mol. The molecule has 0 aliphatic carbocycles. The van der Waals surface area contributed by atoms with Crippen LogP contribution in [0, 0.1) is 0 Å². The molecule has 3 heteroatoms. The number of hydrogen-bond acceptors (Lipinski definition) is 3. The first kappa shape index (κ1) is 9.19. The van der Waals surface area contributed by atoms with Gasteiger partial charge in [-0.05, 0) is 32.3 Å². The highest BCUT2D eigenvalue weighted by Gasteiger charge is 2.65. The predicted molar refractivity (Wildman–Crippen MR) is 48.3 cm³/mol. The van der Waals surface area contributed by atoms with Crippen molar-refractivity contribution in [2.45, 2.75) is 50.1 Å². The van der Waals surface area contributed by atoms with Gasteiger partial charge in [0.15, 0.2) is 0 Å². The van der Waals surface area contributed by atoms with Crippen molar-refractivity contribution in [1.29, 1.82) is 0 Å². The van der Waals surface area contributed by atoms with Crippen LogP contribution >= 0.6 is 0 Å². The van der Waals surface area contributed by atoms with E-state index in [1.807, 2.05) is 13.8 Å². The molecule has 2 aliphatic heterocycles. The van der Waals surface area contributed by atoms with Crippen LogP contribution in [0.4, 0.5) is 0 Å². The molecule has 0 aromatic carbocycles. The van der Waals surface area contributed by atoms with Gasteiger partial charge in [0.05, 0.1) is 5.60 Å². The lowest BCUT2D eigenvalue weighted by Gasteiger charge is -2.32. The van der Waals surface area contributed by atoms with E-state index in [0.717, 1.165) is 18.4 Å². The molecule has 2 bridgehead atoms. The van der Waals surface area contributed by atoms with Gasteiger partial charge in [-0.3, -0.25) is 0 Å². The fraction of sp³-hybridized carbons (Fsp3) is 0.800. The summed E-state index contributed by atoms with van der Waals surface area (Å²) in [5, 5.41) is 19.6. The Labute approximate surface area is 78.0 Å². The molecule has 0 spiro atoms. The molecule has 2 heterocycles. The minimum Gasteiger partial charge on any atom is -0.387 e. The van der Waals surface area contributed by atoms with Crippen LogP contribution in [0.15, 0.2) is 12.2 Å². The van der Waals surface area contributed by atoms with Crippen LogP contribution in [0.1, 0.15) is 26.7 Å². The second kappa shape index (κ2) is 2.35. The summed E-state index contributed by atoms with van der Waals surface area (Å²) in [7, 11) is 0. The van der Waals surface area contributed by atoms with Gasteiger partial charge >= 0.3 is 0 Å². The molecule has 0 saturated carbocycles. The molecule has 4 atom stereocenters. The van der Waals surface area contributed by atoms with Crippen molar-refractivity contribution < 1.29 is 14.9 Å². The summed E-state index contributed by atoms with van der Waals surface area (Å²) < 4.78 is 5.73. The van der Waals surface area contributed by atoms with E-state index in [2.05, 4.69) is 6.58 Å². The van der Waals surface area contributed by atoms with Gasteiger partial charge in [-0.1, -0.05) is 6.58 Å². The van der Waals surface area contributed by atoms with Crippen LogP contribution in [0.2, 0.25) is 0 Å². The smallest absolute Gasteiger partial charge is 0.118 e. The lowest BCUT2D eigenvalue weighted by molar-refractivity contribution is -0.0513. The van der Waals surface area contributed by atoms with E-state index in [9.17, 15) is 10.2 Å². The molecule has 0 aromatic rings. The van der Waals surface area contributed by atoms with E-state index >= 15 is 0 Å². The van der Waals surface area contributed by atoms with E-state index in [0.29, 0.717) is 0 Å². The summed E-state index contributed by atoms with van der Waals surface area (Å²) in [5.41, 5.74) is -0.452. The highest BCUT2D eigenvalue weighted by molar-refractivity contribution is 5.26. The standard InChI is InChI=1S/C10H16O3/c1-6(2)10-5-4-9(3,13-10)7(11)8(10)12/h7-8,11-12H,1,4-5H2,2-3H3. The number of hydrogen-bond donors (Lipinski definition) is 2. The number of ether oxygens (including phenoxy) is 1. The van der Waals surface area contributed by atoms with Crippen molar-refractivity contribution >= 4 is 0 Å². The van der Waals surface area contributed by atoms with Crippen molar-refractivity contribution in [1.82, 2.24) is 0 Å². The summed E-state index contributed by atoms with van der Waals surface area (Å²) in [6.07, 6.45) is -0.0449. The normalized spacial score (nSPS) is 54.2. The molecule has 0 radical (unpaired) electrons. The minimum absolute atomic E-state index is 0.571. The summed E-state index contributed by atoms with van der Waals surface area (Å²) in [5.74, 6) is 0. The Morgan fingerprint density at radius 2 is 2.00 bits per heavy atom. The van der Waals surface area contributed by atoms with Gasteiger partial charge in [-0.15, -0.1) is 0 Å². The number of aliphatic hydroxyl groups is 2. The topological polar surface area (TPSA) is 49.7 Å². The van der Waals surface area contributed by atoms with Gasteiger partial charge in [0.1, 0.15) is 17.8 Å². The van der Waals surface area contributed by atoms with Crippen LogP contribution in [0.3, 0.4) is 0 Å². The van der Waals surface area contributed by atoms with Crippen LogP contribution in [0.25, 0.3) is 0 Å². The van der Waals surface area contributed by atoms with Gasteiger partial charge in [-0.25, -0.2) is 0 Å². The maximum Gasteiger partial charge on any atom is 0.118 e. The Balaban J connectivity index is 2.40. The number of rotatable bonds is 1. The average molecular weight is 184 g/mol. The molecule has 74 valence electrons. The number of fused-ring (bicyclic) bond motifs is 2. The van der Waals surface area contributed by atoms with E-state index in [-0.39, 0.29) is 0 Å². The molecule has 0 amide bonds. The minimum atomic E-state index is -0.816. The molecule has 4 unspecified atom stereocenters. The average Bonchev–Trinajstić information content (AvgIpc) is 2.50. The van der Waals surface area contributed by atoms with Crippen LogP contribution in [-0.2, 0) is 4.74 Å². The Bertz CT molecular complexity index is 263. The summed E-state index contributed by atoms with van der Waals surface area (Å²) in [4.78, 5) is 0. The molecule has 2 saturated heterocycles. The fourth-order valence-corrected chi connectivity index (χ4v) is 2.51. The zero-order chi connectivity index (χ0) is 9.85. The number of aliphatic hydroxyl groups excluding tert-OH is 2. The Morgan fingerprint density at radius 3 is 2.31 bits per heavy atom. The Morgan fingerprint density at radius 1 is 1.38 bits per heavy atom. The van der Waals surface area contributed by atoms with E-state index in [1.54, 1.807) is 0 Å². The SMILES string of the molecule is C=C(C)C12CCC(C)(O1)C(O)C2O. The third-order valence-corrected chi connectivity index (χ3v) is 3.53. The van der Waals surface area contributed by atoms with Crippen molar-refractivity contribution in [3.05, 3.63) is 12.2 Å². The summed E-state index contributed by atoms with van der Waals surface area (Å²) >= 11 is 0. The summed E-state index contributed by atoms with van der Waals surface area (Å²) in [6, 6.07) is 0. The molecule has 2 fully saturated rings. The molecule has 2 N–H and O–H groups in total. The van der Waals surface area contributed by atoms with Crippen LogP contribution in [0.5, 0.6) is 0 Å². The van der Waals surface area contributed by atoms with E-state index in [4.69, 9.17) is 4.74 Å². The first-order chi connectivity index (χ1) is 5.92. The molecular weight excluding hydrogens is 168 g/mol. The lowest BCUT2D eigenvalue weighted by Crippen LogP contribution is -2.48. The maximum atomic E-state index is 9.84. The Hall–Kier alpha value is -0.380. The van der Waals surface area contributed by atoms with E-state index < -0.39 is 23.4 Å².